The molecule has 1 heterocycles. The van der Waals surface area contributed by atoms with Crippen molar-refractivity contribution in [3.63, 3.8) is 0 Å². The zero-order valence-electron chi connectivity index (χ0n) is 10.6. The molecule has 86 valence electrons. The third-order valence-electron chi connectivity index (χ3n) is 4.18. The molecule has 1 aliphatic carbocycles. The van der Waals surface area contributed by atoms with Crippen LogP contribution in [0.3, 0.4) is 0 Å². The molecule has 1 heteroatoms. The summed E-state index contributed by atoms with van der Waals surface area (Å²) in [6, 6.07) is 0.812. The first-order chi connectivity index (χ1) is 6.68. The zero-order valence-corrected chi connectivity index (χ0v) is 10.6. The number of hydrogen-bond acceptors (Lipinski definition) is 1. The summed E-state index contributed by atoms with van der Waals surface area (Å²) in [6.07, 6.45) is 4.31. The van der Waals surface area contributed by atoms with Gasteiger partial charge in [0.05, 0.1) is 0 Å². The first kappa shape index (κ1) is 12.0. The fourth-order valence-corrected chi connectivity index (χ4v) is 2.58. The van der Waals surface area contributed by atoms with Crippen molar-refractivity contribution in [2.75, 3.05) is 13.1 Å². The van der Waals surface area contributed by atoms with E-state index in [0.717, 1.165) is 17.4 Å². The molecule has 2 rings (SSSR count). The summed E-state index contributed by atoms with van der Waals surface area (Å²) in [5, 5.41) is 0. The first-order valence-electron chi connectivity index (χ1n) is 6.42. The molecule has 2 fully saturated rings. The monoisotopic (exact) mass is 199 g/mol. The fourth-order valence-electron chi connectivity index (χ4n) is 2.58. The predicted molar refractivity (Wildman–Crippen MR) is 65.6 cm³/mol. The van der Waals surface area contributed by atoms with Gasteiger partial charge in [-0.25, -0.2) is 0 Å². The van der Waals surface area contributed by atoms with Crippen LogP contribution in [0.2, 0.25) is 0 Å². The molecule has 0 bridgehead atoms. The van der Waals surface area contributed by atoms with Gasteiger partial charge in [0.25, 0.3) is 0 Å². The van der Waals surface area contributed by atoms with Crippen LogP contribution in [0.25, 0.3) is 0 Å². The second-order valence-electron chi connectivity index (χ2n) is 4.95. The summed E-state index contributed by atoms with van der Waals surface area (Å²) in [5.41, 5.74) is 0.781. The SMILES string of the molecule is CC.CCC(C)N1CC(C)C2(CC2)C1.[HH]. The summed E-state index contributed by atoms with van der Waals surface area (Å²) in [5.74, 6) is 0.964. The molecule has 1 spiro atoms. The molecule has 2 unspecified atom stereocenters. The van der Waals surface area contributed by atoms with Gasteiger partial charge in [0, 0.05) is 20.6 Å². The molecule has 1 saturated heterocycles. The van der Waals surface area contributed by atoms with E-state index < -0.39 is 0 Å². The first-order valence-corrected chi connectivity index (χ1v) is 6.42. The van der Waals surface area contributed by atoms with Gasteiger partial charge in [-0.05, 0) is 37.5 Å². The van der Waals surface area contributed by atoms with Gasteiger partial charge in [0.1, 0.15) is 0 Å². The van der Waals surface area contributed by atoms with Crippen molar-refractivity contribution in [1.82, 2.24) is 4.90 Å². The minimum Gasteiger partial charge on any atom is -0.300 e. The molecule has 14 heavy (non-hydrogen) atoms. The largest absolute Gasteiger partial charge is 0.300 e. The second-order valence-corrected chi connectivity index (χ2v) is 4.95. The lowest BCUT2D eigenvalue weighted by Gasteiger charge is -2.22. The summed E-state index contributed by atoms with van der Waals surface area (Å²) >= 11 is 0. The summed E-state index contributed by atoms with van der Waals surface area (Å²) in [7, 11) is 0. The molecule has 2 atom stereocenters. The van der Waals surface area contributed by atoms with Crippen LogP contribution in [0.4, 0.5) is 0 Å². The van der Waals surface area contributed by atoms with Crippen molar-refractivity contribution in [3.05, 3.63) is 0 Å². The lowest BCUT2D eigenvalue weighted by Crippen LogP contribution is -2.30. The minimum atomic E-state index is 0. The molecule has 0 aromatic rings. The molecule has 0 radical (unpaired) electrons. The Balaban J connectivity index is 0.000000617. The molecule has 0 aromatic carbocycles. The zero-order chi connectivity index (χ0) is 10.8. The highest BCUT2D eigenvalue weighted by molar-refractivity contribution is 5.05. The molecular weight excluding hydrogens is 170 g/mol. The average molecular weight is 199 g/mol. The van der Waals surface area contributed by atoms with E-state index in [2.05, 4.69) is 25.7 Å². The van der Waals surface area contributed by atoms with E-state index in [1.54, 1.807) is 0 Å². The van der Waals surface area contributed by atoms with E-state index >= 15 is 0 Å². The van der Waals surface area contributed by atoms with Crippen LogP contribution in [0.15, 0.2) is 0 Å². The van der Waals surface area contributed by atoms with Gasteiger partial charge in [-0.15, -0.1) is 0 Å². The Labute approximate surface area is 91.4 Å². The lowest BCUT2D eigenvalue weighted by atomic mass is 9.95. The van der Waals surface area contributed by atoms with E-state index in [4.69, 9.17) is 0 Å². The maximum absolute atomic E-state index is 2.69. The van der Waals surface area contributed by atoms with Crippen molar-refractivity contribution < 1.29 is 1.43 Å². The minimum absolute atomic E-state index is 0. The predicted octanol–water partition coefficient (Wildman–Crippen LogP) is 3.79. The highest BCUT2D eigenvalue weighted by Gasteiger charge is 2.53. The van der Waals surface area contributed by atoms with Crippen molar-refractivity contribution in [2.45, 2.75) is 59.9 Å². The van der Waals surface area contributed by atoms with E-state index in [-0.39, 0.29) is 1.43 Å². The second kappa shape index (κ2) is 4.65. The topological polar surface area (TPSA) is 3.24 Å². The Morgan fingerprint density at radius 2 is 2.00 bits per heavy atom. The molecule has 1 nitrogen and oxygen atoms in total. The van der Waals surface area contributed by atoms with Crippen LogP contribution in [-0.2, 0) is 0 Å². The van der Waals surface area contributed by atoms with Crippen molar-refractivity contribution in [1.29, 1.82) is 0 Å². The Morgan fingerprint density at radius 1 is 1.43 bits per heavy atom. The highest BCUT2D eigenvalue weighted by atomic mass is 15.2. The quantitative estimate of drug-likeness (QED) is 0.654. The van der Waals surface area contributed by atoms with Crippen LogP contribution in [-0.4, -0.2) is 24.0 Å². The van der Waals surface area contributed by atoms with Gasteiger partial charge in [-0.2, -0.15) is 0 Å². The van der Waals surface area contributed by atoms with Crippen LogP contribution in [0, 0.1) is 11.3 Å². The van der Waals surface area contributed by atoms with Crippen LogP contribution in [0.1, 0.15) is 55.3 Å². The van der Waals surface area contributed by atoms with Crippen molar-refractivity contribution >= 4 is 0 Å². The number of likely N-dealkylation sites (tertiary alicyclic amines) is 1. The summed E-state index contributed by atoms with van der Waals surface area (Å²) < 4.78 is 0. The van der Waals surface area contributed by atoms with E-state index in [9.17, 15) is 0 Å². The summed E-state index contributed by atoms with van der Waals surface area (Å²) in [6.45, 7) is 13.9. The maximum Gasteiger partial charge on any atom is 0.00646 e. The standard InChI is InChI=1S/C11H21N.C2H6.H2/c1-4-10(3)12-7-9(2)11(8-12)5-6-11;1-2;/h9-10H,4-8H2,1-3H3;1-2H3;1H. The van der Waals surface area contributed by atoms with Gasteiger partial charge < -0.3 is 0 Å². The molecule has 2 aliphatic rings. The molecule has 0 aromatic heterocycles. The molecular formula is C13H29N. The van der Waals surface area contributed by atoms with Gasteiger partial charge >= 0.3 is 0 Å². The maximum atomic E-state index is 2.69. The van der Waals surface area contributed by atoms with Gasteiger partial charge in [0.2, 0.25) is 0 Å². The molecule has 0 amide bonds. The van der Waals surface area contributed by atoms with E-state index in [1.165, 1.54) is 32.4 Å². The van der Waals surface area contributed by atoms with Gasteiger partial charge in [-0.1, -0.05) is 27.7 Å². The van der Waals surface area contributed by atoms with Crippen molar-refractivity contribution in [2.24, 2.45) is 11.3 Å². The highest BCUT2D eigenvalue weighted by Crippen LogP contribution is 2.56. The third kappa shape index (κ3) is 2.13. The normalized spacial score (nSPS) is 31.1. The number of rotatable bonds is 2. The van der Waals surface area contributed by atoms with Crippen molar-refractivity contribution in [3.8, 4) is 0 Å². The molecule has 1 aliphatic heterocycles. The molecule has 0 N–H and O–H groups in total. The Bertz CT molecular complexity index is 177. The summed E-state index contributed by atoms with van der Waals surface area (Å²) in [4.78, 5) is 2.69. The number of hydrogen-bond donors (Lipinski definition) is 0. The van der Waals surface area contributed by atoms with Crippen LogP contribution < -0.4 is 0 Å². The van der Waals surface area contributed by atoms with Gasteiger partial charge in [-0.3, -0.25) is 4.90 Å². The third-order valence-corrected chi connectivity index (χ3v) is 4.18. The van der Waals surface area contributed by atoms with E-state index in [1.807, 2.05) is 13.8 Å². The lowest BCUT2D eigenvalue weighted by molar-refractivity contribution is 0.239. The van der Waals surface area contributed by atoms with Gasteiger partial charge in [0.15, 0.2) is 0 Å². The Morgan fingerprint density at radius 3 is 2.36 bits per heavy atom. The number of nitrogens with zero attached hydrogens (tertiary/aromatic N) is 1. The van der Waals surface area contributed by atoms with E-state index in [0.29, 0.717) is 0 Å². The molecule has 1 saturated carbocycles. The fraction of sp³-hybridized carbons (Fsp3) is 1.00. The van der Waals surface area contributed by atoms with Crippen LogP contribution in [0.5, 0.6) is 0 Å². The Kier molecular flexibility index (Phi) is 4.00. The smallest absolute Gasteiger partial charge is 0.00646 e. The Hall–Kier alpha value is -0.0400. The average Bonchev–Trinajstić information content (AvgIpc) is 2.92. The van der Waals surface area contributed by atoms with Crippen LogP contribution >= 0.6 is 0 Å².